The van der Waals surface area contributed by atoms with Gasteiger partial charge in [0.15, 0.2) is 0 Å². The van der Waals surface area contributed by atoms with Gasteiger partial charge in [-0.15, -0.1) is 0 Å². The predicted molar refractivity (Wildman–Crippen MR) is 128 cm³/mol. The van der Waals surface area contributed by atoms with E-state index in [1.165, 1.54) is 22.3 Å². The Kier molecular flexibility index (Phi) is 7.50. The number of alkyl carbamates (subject to hydrolysis) is 1. The highest BCUT2D eigenvalue weighted by Gasteiger charge is 2.31. The Labute approximate surface area is 199 Å². The van der Waals surface area contributed by atoms with E-state index in [0.717, 1.165) is 25.7 Å². The van der Waals surface area contributed by atoms with Crippen LogP contribution in [0.1, 0.15) is 56.1 Å². The Bertz CT molecular complexity index is 1010. The number of hydrogen-bond acceptors (Lipinski definition) is 4. The molecule has 2 aliphatic carbocycles. The van der Waals surface area contributed by atoms with Crippen molar-refractivity contribution in [2.45, 2.75) is 51.0 Å². The maximum Gasteiger partial charge on any atom is 0.407 e. The predicted octanol–water partition coefficient (Wildman–Crippen LogP) is 4.31. The van der Waals surface area contributed by atoms with Gasteiger partial charge in [-0.3, -0.25) is 9.59 Å². The van der Waals surface area contributed by atoms with E-state index < -0.39 is 18.0 Å². The molecule has 180 valence electrons. The number of rotatable bonds is 8. The first kappa shape index (κ1) is 23.8. The molecule has 2 aromatic carbocycles. The number of ether oxygens (including phenoxy) is 1. The van der Waals surface area contributed by atoms with Crippen molar-refractivity contribution in [2.75, 3.05) is 13.2 Å². The number of carboxylic acids is 1. The molecule has 0 spiro atoms. The smallest absolute Gasteiger partial charge is 0.407 e. The third kappa shape index (κ3) is 5.41. The summed E-state index contributed by atoms with van der Waals surface area (Å²) in [6.45, 7) is 1.92. The lowest BCUT2D eigenvalue weighted by molar-refractivity contribution is -0.141. The maximum atomic E-state index is 12.7. The van der Waals surface area contributed by atoms with Crippen LogP contribution in [0.2, 0.25) is 0 Å². The van der Waals surface area contributed by atoms with Gasteiger partial charge in [0, 0.05) is 24.9 Å². The second-order valence-electron chi connectivity index (χ2n) is 9.37. The van der Waals surface area contributed by atoms with Crippen molar-refractivity contribution in [3.8, 4) is 11.1 Å². The minimum atomic E-state index is -0.937. The van der Waals surface area contributed by atoms with Crippen molar-refractivity contribution in [2.24, 2.45) is 11.8 Å². The highest BCUT2D eigenvalue weighted by atomic mass is 16.5. The summed E-state index contributed by atoms with van der Waals surface area (Å²) in [5.74, 6) is -1.74. The number of nitrogens with one attached hydrogen (secondary N) is 2. The van der Waals surface area contributed by atoms with Gasteiger partial charge in [-0.2, -0.15) is 0 Å². The van der Waals surface area contributed by atoms with Crippen LogP contribution in [0.5, 0.6) is 0 Å². The van der Waals surface area contributed by atoms with Gasteiger partial charge in [-0.25, -0.2) is 4.79 Å². The van der Waals surface area contributed by atoms with E-state index in [-0.39, 0.29) is 43.4 Å². The van der Waals surface area contributed by atoms with Gasteiger partial charge in [0.25, 0.3) is 0 Å². The van der Waals surface area contributed by atoms with Crippen molar-refractivity contribution < 1.29 is 24.2 Å². The first-order valence-corrected chi connectivity index (χ1v) is 12.0. The van der Waals surface area contributed by atoms with E-state index in [1.54, 1.807) is 6.92 Å². The first-order valence-electron chi connectivity index (χ1n) is 12.0. The zero-order valence-electron chi connectivity index (χ0n) is 19.5. The number of benzene rings is 2. The standard InChI is InChI=1S/C27H32N2O5/c1-17(26(31)32)15-28-25(30)14-18-8-2-7-13-24(18)29-27(33)34-16-23-21-11-5-3-9-19(21)20-10-4-6-12-22(20)23/h3-6,9-12,17-18,23-24H,2,7-8,13-16H2,1H3,(H,28,30)(H,29,33)(H,31,32)/t17?,18-,24-/m0/s1. The largest absolute Gasteiger partial charge is 0.481 e. The zero-order valence-corrected chi connectivity index (χ0v) is 19.5. The SMILES string of the molecule is CC(CNC(=O)C[C@@H]1CCCC[C@@H]1NC(=O)OCC1c2ccccc2-c2ccccc21)C(=O)O. The monoisotopic (exact) mass is 464 g/mol. The molecular formula is C27H32N2O5. The fourth-order valence-electron chi connectivity index (χ4n) is 5.10. The van der Waals surface area contributed by atoms with E-state index >= 15 is 0 Å². The Morgan fingerprint density at radius 1 is 1.00 bits per heavy atom. The summed E-state index contributed by atoms with van der Waals surface area (Å²) in [4.78, 5) is 36.0. The second-order valence-corrected chi connectivity index (χ2v) is 9.37. The van der Waals surface area contributed by atoms with Gasteiger partial charge in [-0.1, -0.05) is 68.3 Å². The minimum Gasteiger partial charge on any atom is -0.481 e. The molecule has 2 amide bonds. The van der Waals surface area contributed by atoms with Crippen LogP contribution in [0.15, 0.2) is 48.5 Å². The van der Waals surface area contributed by atoms with Crippen LogP contribution >= 0.6 is 0 Å². The molecule has 1 unspecified atom stereocenters. The van der Waals surface area contributed by atoms with E-state index in [9.17, 15) is 14.4 Å². The Morgan fingerprint density at radius 3 is 2.26 bits per heavy atom. The lowest BCUT2D eigenvalue weighted by Crippen LogP contribution is -2.44. The van der Waals surface area contributed by atoms with Gasteiger partial charge in [0.05, 0.1) is 5.92 Å². The van der Waals surface area contributed by atoms with Crippen molar-refractivity contribution in [1.82, 2.24) is 10.6 Å². The summed E-state index contributed by atoms with van der Waals surface area (Å²) in [6.07, 6.45) is 3.44. The van der Waals surface area contributed by atoms with E-state index in [0.29, 0.717) is 0 Å². The Morgan fingerprint density at radius 2 is 1.62 bits per heavy atom. The molecule has 3 atom stereocenters. The van der Waals surface area contributed by atoms with E-state index in [4.69, 9.17) is 9.84 Å². The molecule has 4 rings (SSSR count). The van der Waals surface area contributed by atoms with Crippen LogP contribution < -0.4 is 10.6 Å². The van der Waals surface area contributed by atoms with Crippen molar-refractivity contribution in [3.63, 3.8) is 0 Å². The average molecular weight is 465 g/mol. The summed E-state index contributed by atoms with van der Waals surface area (Å²) in [5, 5.41) is 14.7. The number of amides is 2. The lowest BCUT2D eigenvalue weighted by Gasteiger charge is -2.31. The third-order valence-corrected chi connectivity index (χ3v) is 7.03. The van der Waals surface area contributed by atoms with Crippen LogP contribution in [0.3, 0.4) is 0 Å². The molecule has 0 saturated heterocycles. The molecule has 1 saturated carbocycles. The molecule has 7 nitrogen and oxygen atoms in total. The van der Waals surface area contributed by atoms with Crippen LogP contribution in [-0.4, -0.2) is 42.3 Å². The van der Waals surface area contributed by atoms with Crippen molar-refractivity contribution in [1.29, 1.82) is 0 Å². The number of carbonyl (C=O) groups is 3. The molecule has 0 radical (unpaired) electrons. The summed E-state index contributed by atoms with van der Waals surface area (Å²) in [7, 11) is 0. The number of hydrogen-bond donors (Lipinski definition) is 3. The van der Waals surface area contributed by atoms with Crippen LogP contribution in [0, 0.1) is 11.8 Å². The zero-order chi connectivity index (χ0) is 24.1. The van der Waals surface area contributed by atoms with Gasteiger partial charge in [-0.05, 0) is 41.0 Å². The molecule has 1 fully saturated rings. The number of fused-ring (bicyclic) bond motifs is 3. The summed E-state index contributed by atoms with van der Waals surface area (Å²) in [5.41, 5.74) is 4.70. The number of carboxylic acid groups (broad SMARTS) is 1. The molecular weight excluding hydrogens is 432 g/mol. The van der Waals surface area contributed by atoms with E-state index in [2.05, 4.69) is 34.9 Å². The molecule has 0 heterocycles. The molecule has 7 heteroatoms. The second kappa shape index (κ2) is 10.7. The quantitative estimate of drug-likeness (QED) is 0.540. The fraction of sp³-hybridized carbons (Fsp3) is 0.444. The average Bonchev–Trinajstić information content (AvgIpc) is 3.16. The summed E-state index contributed by atoms with van der Waals surface area (Å²) < 4.78 is 5.69. The molecule has 0 bridgehead atoms. The Balaban J connectivity index is 1.32. The van der Waals surface area contributed by atoms with Crippen molar-refractivity contribution in [3.05, 3.63) is 59.7 Å². The molecule has 0 aromatic heterocycles. The fourth-order valence-corrected chi connectivity index (χ4v) is 5.10. The Hall–Kier alpha value is -3.35. The summed E-state index contributed by atoms with van der Waals surface area (Å²) >= 11 is 0. The van der Waals surface area contributed by atoms with Gasteiger partial charge < -0.3 is 20.5 Å². The highest BCUT2D eigenvalue weighted by Crippen LogP contribution is 2.44. The van der Waals surface area contributed by atoms with Gasteiger partial charge >= 0.3 is 12.1 Å². The van der Waals surface area contributed by atoms with Crippen LogP contribution in [0.25, 0.3) is 11.1 Å². The van der Waals surface area contributed by atoms with Crippen molar-refractivity contribution >= 4 is 18.0 Å². The molecule has 0 aliphatic heterocycles. The molecule has 2 aromatic rings. The molecule has 34 heavy (non-hydrogen) atoms. The van der Waals surface area contributed by atoms with Gasteiger partial charge in [0.2, 0.25) is 5.91 Å². The third-order valence-electron chi connectivity index (χ3n) is 7.03. The van der Waals surface area contributed by atoms with Crippen LogP contribution in [-0.2, 0) is 14.3 Å². The summed E-state index contributed by atoms with van der Waals surface area (Å²) in [6, 6.07) is 16.3. The minimum absolute atomic E-state index is 0.00213. The molecule has 2 aliphatic rings. The van der Waals surface area contributed by atoms with E-state index in [1.807, 2.05) is 24.3 Å². The normalized spacial score (nSPS) is 20.0. The van der Waals surface area contributed by atoms with Gasteiger partial charge in [0.1, 0.15) is 6.61 Å². The maximum absolute atomic E-state index is 12.7. The number of aliphatic carboxylic acids is 1. The van der Waals surface area contributed by atoms with Crippen LogP contribution in [0.4, 0.5) is 4.79 Å². The lowest BCUT2D eigenvalue weighted by atomic mass is 9.82. The highest BCUT2D eigenvalue weighted by molar-refractivity contribution is 5.79. The molecule has 3 N–H and O–H groups in total. The first-order chi connectivity index (χ1) is 16.4. The number of carbonyl (C=O) groups excluding carboxylic acids is 2. The topological polar surface area (TPSA) is 105 Å².